The highest BCUT2D eigenvalue weighted by Crippen LogP contribution is 2.60. The molecular weight excluding hydrogens is 272 g/mol. The Morgan fingerprint density at radius 2 is 2.00 bits per heavy atom. The van der Waals surface area contributed by atoms with E-state index in [2.05, 4.69) is 26.0 Å². The number of hydrogen-bond donors (Lipinski definition) is 0. The van der Waals surface area contributed by atoms with Gasteiger partial charge in [0.1, 0.15) is 11.5 Å². The SMILES string of the molecule is COc1ccc(C)c2c1[C@H]1CC[C@@]3(C)C(=O)CC[C@@H]3[C@@H]1CC2. The van der Waals surface area contributed by atoms with Crippen LogP contribution in [0.5, 0.6) is 5.75 Å². The Labute approximate surface area is 133 Å². The first-order chi connectivity index (χ1) is 10.6. The Bertz CT molecular complexity index is 633. The zero-order chi connectivity index (χ0) is 15.5. The minimum Gasteiger partial charge on any atom is -0.496 e. The predicted octanol–water partition coefficient (Wildman–Crippen LogP) is 4.43. The molecule has 4 rings (SSSR count). The Balaban J connectivity index is 1.79. The van der Waals surface area contributed by atoms with E-state index >= 15 is 0 Å². The van der Waals surface area contributed by atoms with E-state index in [0.29, 0.717) is 23.5 Å². The molecule has 1 aromatic rings. The maximum atomic E-state index is 12.4. The quantitative estimate of drug-likeness (QED) is 0.766. The summed E-state index contributed by atoms with van der Waals surface area (Å²) in [5, 5.41) is 0. The average molecular weight is 298 g/mol. The van der Waals surface area contributed by atoms with Gasteiger partial charge >= 0.3 is 0 Å². The van der Waals surface area contributed by atoms with Crippen LogP contribution in [-0.4, -0.2) is 12.9 Å². The number of methoxy groups -OCH3 is 1. The first-order valence-electron chi connectivity index (χ1n) is 8.76. The molecule has 0 saturated heterocycles. The zero-order valence-electron chi connectivity index (χ0n) is 13.9. The van der Waals surface area contributed by atoms with Crippen molar-refractivity contribution in [1.29, 1.82) is 0 Å². The molecule has 0 spiro atoms. The number of fused-ring (bicyclic) bond motifs is 5. The molecule has 3 aliphatic rings. The van der Waals surface area contributed by atoms with Crippen LogP contribution in [0.15, 0.2) is 12.1 Å². The molecule has 0 N–H and O–H groups in total. The van der Waals surface area contributed by atoms with Gasteiger partial charge in [0.25, 0.3) is 0 Å². The van der Waals surface area contributed by atoms with E-state index in [-0.39, 0.29) is 5.41 Å². The van der Waals surface area contributed by atoms with E-state index in [1.54, 1.807) is 7.11 Å². The van der Waals surface area contributed by atoms with Gasteiger partial charge in [-0.3, -0.25) is 4.79 Å². The molecule has 0 aromatic heterocycles. The molecule has 2 heteroatoms. The van der Waals surface area contributed by atoms with Crippen molar-refractivity contribution < 1.29 is 9.53 Å². The van der Waals surface area contributed by atoms with E-state index in [0.717, 1.165) is 37.9 Å². The highest BCUT2D eigenvalue weighted by Gasteiger charge is 2.55. The van der Waals surface area contributed by atoms with Crippen molar-refractivity contribution in [1.82, 2.24) is 0 Å². The van der Waals surface area contributed by atoms with Crippen LogP contribution in [0.25, 0.3) is 0 Å². The van der Waals surface area contributed by atoms with Gasteiger partial charge in [-0.15, -0.1) is 0 Å². The number of Topliss-reactive ketones (excluding diaryl/α,β-unsaturated/α-hetero) is 1. The summed E-state index contributed by atoms with van der Waals surface area (Å²) in [6.45, 7) is 4.47. The van der Waals surface area contributed by atoms with Gasteiger partial charge in [-0.05, 0) is 74.0 Å². The van der Waals surface area contributed by atoms with Crippen LogP contribution in [0.4, 0.5) is 0 Å². The lowest BCUT2D eigenvalue weighted by Crippen LogP contribution is -2.42. The number of carbonyl (C=O) groups is 1. The fourth-order valence-corrected chi connectivity index (χ4v) is 5.80. The largest absolute Gasteiger partial charge is 0.496 e. The second-order valence-electron chi connectivity index (χ2n) is 7.81. The lowest BCUT2D eigenvalue weighted by Gasteiger charge is -2.48. The van der Waals surface area contributed by atoms with Gasteiger partial charge in [0, 0.05) is 17.4 Å². The van der Waals surface area contributed by atoms with Crippen LogP contribution < -0.4 is 4.74 Å². The van der Waals surface area contributed by atoms with Crippen LogP contribution >= 0.6 is 0 Å². The second kappa shape index (κ2) is 4.84. The molecule has 118 valence electrons. The highest BCUT2D eigenvalue weighted by molar-refractivity contribution is 5.87. The fourth-order valence-electron chi connectivity index (χ4n) is 5.80. The molecule has 4 atom stereocenters. The van der Waals surface area contributed by atoms with Gasteiger partial charge in [-0.1, -0.05) is 13.0 Å². The number of ether oxygens (including phenoxy) is 1. The number of benzene rings is 1. The number of rotatable bonds is 1. The monoisotopic (exact) mass is 298 g/mol. The lowest BCUT2D eigenvalue weighted by atomic mass is 9.55. The van der Waals surface area contributed by atoms with E-state index in [4.69, 9.17) is 4.74 Å². The molecule has 22 heavy (non-hydrogen) atoms. The third-order valence-corrected chi connectivity index (χ3v) is 7.02. The summed E-state index contributed by atoms with van der Waals surface area (Å²) in [5.74, 6) is 3.47. The third kappa shape index (κ3) is 1.76. The maximum absolute atomic E-state index is 12.4. The zero-order valence-corrected chi connectivity index (χ0v) is 13.9. The van der Waals surface area contributed by atoms with Crippen LogP contribution in [0.3, 0.4) is 0 Å². The Morgan fingerprint density at radius 1 is 1.18 bits per heavy atom. The van der Waals surface area contributed by atoms with Gasteiger partial charge in [0.2, 0.25) is 0 Å². The van der Waals surface area contributed by atoms with Gasteiger partial charge in [-0.2, -0.15) is 0 Å². The first-order valence-corrected chi connectivity index (χ1v) is 8.76. The van der Waals surface area contributed by atoms with Gasteiger partial charge in [-0.25, -0.2) is 0 Å². The van der Waals surface area contributed by atoms with Crippen molar-refractivity contribution in [3.63, 3.8) is 0 Å². The number of aryl methyl sites for hydroxylation is 1. The number of hydrogen-bond acceptors (Lipinski definition) is 2. The summed E-state index contributed by atoms with van der Waals surface area (Å²) in [6.07, 6.45) is 6.53. The van der Waals surface area contributed by atoms with Crippen molar-refractivity contribution in [3.05, 3.63) is 28.8 Å². The van der Waals surface area contributed by atoms with Gasteiger partial charge in [0.15, 0.2) is 0 Å². The maximum Gasteiger partial charge on any atom is 0.139 e. The van der Waals surface area contributed by atoms with E-state index in [1.807, 2.05) is 0 Å². The highest BCUT2D eigenvalue weighted by atomic mass is 16.5. The van der Waals surface area contributed by atoms with Gasteiger partial charge < -0.3 is 4.74 Å². The molecule has 0 aliphatic heterocycles. The number of carbonyl (C=O) groups excluding carboxylic acids is 1. The summed E-state index contributed by atoms with van der Waals surface area (Å²) in [5.41, 5.74) is 4.37. The molecule has 2 saturated carbocycles. The Hall–Kier alpha value is -1.31. The minimum atomic E-state index is -0.0320. The van der Waals surface area contributed by atoms with Crippen molar-refractivity contribution in [2.45, 2.75) is 58.3 Å². The molecule has 3 aliphatic carbocycles. The van der Waals surface area contributed by atoms with Crippen molar-refractivity contribution in [2.75, 3.05) is 7.11 Å². The molecule has 0 unspecified atom stereocenters. The predicted molar refractivity (Wildman–Crippen MR) is 87.4 cm³/mol. The molecule has 0 heterocycles. The topological polar surface area (TPSA) is 26.3 Å². The smallest absolute Gasteiger partial charge is 0.139 e. The fraction of sp³-hybridized carbons (Fsp3) is 0.650. The van der Waals surface area contributed by atoms with E-state index < -0.39 is 0 Å². The van der Waals surface area contributed by atoms with Crippen LogP contribution in [0.2, 0.25) is 0 Å². The summed E-state index contributed by atoms with van der Waals surface area (Å²) in [6, 6.07) is 4.34. The second-order valence-corrected chi connectivity index (χ2v) is 7.81. The Kier molecular flexibility index (Phi) is 3.15. The number of ketones is 1. The molecule has 2 nitrogen and oxygen atoms in total. The van der Waals surface area contributed by atoms with Crippen LogP contribution in [0, 0.1) is 24.2 Å². The standard InChI is InChI=1S/C20H26O2/c1-12-4-8-17(22-3)19-13(12)5-6-14-15(19)10-11-20(2)16(14)7-9-18(20)21/h4,8,14-16H,5-7,9-11H2,1-3H3/t14-,15+,16-,20-/m1/s1. The van der Waals surface area contributed by atoms with Crippen molar-refractivity contribution in [2.24, 2.45) is 17.3 Å². The lowest BCUT2D eigenvalue weighted by molar-refractivity contribution is -0.129. The average Bonchev–Trinajstić information content (AvgIpc) is 2.83. The summed E-state index contributed by atoms with van der Waals surface area (Å²) < 4.78 is 5.71. The molecule has 0 amide bonds. The molecule has 0 bridgehead atoms. The van der Waals surface area contributed by atoms with Crippen LogP contribution in [-0.2, 0) is 11.2 Å². The van der Waals surface area contributed by atoms with E-state index in [1.165, 1.54) is 23.1 Å². The molecule has 2 fully saturated rings. The molecular formula is C20H26O2. The van der Waals surface area contributed by atoms with Crippen molar-refractivity contribution >= 4 is 5.78 Å². The van der Waals surface area contributed by atoms with Crippen LogP contribution in [0.1, 0.15) is 61.6 Å². The summed E-state index contributed by atoms with van der Waals surface area (Å²) >= 11 is 0. The first kappa shape index (κ1) is 14.3. The molecule has 0 radical (unpaired) electrons. The minimum absolute atomic E-state index is 0.0320. The Morgan fingerprint density at radius 3 is 2.77 bits per heavy atom. The third-order valence-electron chi connectivity index (χ3n) is 7.02. The van der Waals surface area contributed by atoms with Crippen molar-refractivity contribution in [3.8, 4) is 5.75 Å². The van der Waals surface area contributed by atoms with Gasteiger partial charge in [0.05, 0.1) is 7.11 Å². The summed E-state index contributed by atoms with van der Waals surface area (Å²) in [4.78, 5) is 12.4. The molecule has 1 aromatic carbocycles. The normalized spacial score (nSPS) is 36.5. The van der Waals surface area contributed by atoms with E-state index in [9.17, 15) is 4.79 Å². The summed E-state index contributed by atoms with van der Waals surface area (Å²) in [7, 11) is 1.79.